The van der Waals surface area contributed by atoms with Crippen LogP contribution in [0.1, 0.15) is 38.5 Å². The second-order valence-electron chi connectivity index (χ2n) is 5.16. The molecule has 2 rings (SSSR count). The summed E-state index contributed by atoms with van der Waals surface area (Å²) >= 11 is 0. The van der Waals surface area contributed by atoms with E-state index in [1.54, 1.807) is 0 Å². The number of hydrogen-bond donors (Lipinski definition) is 2. The maximum absolute atomic E-state index is 13.1. The minimum absolute atomic E-state index is 0.191. The summed E-state index contributed by atoms with van der Waals surface area (Å²) in [5.41, 5.74) is 4.26. The van der Waals surface area contributed by atoms with Crippen molar-refractivity contribution in [2.24, 2.45) is 5.73 Å². The fourth-order valence-electron chi connectivity index (χ4n) is 2.73. The van der Waals surface area contributed by atoms with Crippen LogP contribution in [0.2, 0.25) is 0 Å². The van der Waals surface area contributed by atoms with Gasteiger partial charge in [0, 0.05) is 44.4 Å². The molecule has 3 nitrogen and oxygen atoms in total. The summed E-state index contributed by atoms with van der Waals surface area (Å²) in [6.07, 6.45) is 0.858. The van der Waals surface area contributed by atoms with Crippen LogP contribution in [0, 0.1) is 0 Å². The maximum Gasteiger partial charge on any atom is 0.248 e. The SMILES string of the molecule is NC1(C2(O)CCOCC2)CCC(F)(F)CC1. The fraction of sp³-hybridized carbons (Fsp3) is 1.00. The average molecular weight is 235 g/mol. The summed E-state index contributed by atoms with van der Waals surface area (Å²) in [5, 5.41) is 10.5. The van der Waals surface area contributed by atoms with Gasteiger partial charge in [0.05, 0.1) is 5.60 Å². The van der Waals surface area contributed by atoms with Gasteiger partial charge in [0.15, 0.2) is 0 Å². The molecule has 0 aromatic heterocycles. The minimum Gasteiger partial charge on any atom is -0.388 e. The number of ether oxygens (including phenoxy) is 1. The van der Waals surface area contributed by atoms with Crippen LogP contribution in [0.15, 0.2) is 0 Å². The van der Waals surface area contributed by atoms with Crippen molar-refractivity contribution in [2.75, 3.05) is 13.2 Å². The second-order valence-corrected chi connectivity index (χ2v) is 5.16. The van der Waals surface area contributed by atoms with Crippen molar-refractivity contribution in [1.29, 1.82) is 0 Å². The Morgan fingerprint density at radius 2 is 1.44 bits per heavy atom. The molecule has 0 radical (unpaired) electrons. The number of rotatable bonds is 1. The molecule has 0 atom stereocenters. The summed E-state index contributed by atoms with van der Waals surface area (Å²) in [6, 6.07) is 0. The van der Waals surface area contributed by atoms with E-state index in [1.807, 2.05) is 0 Å². The van der Waals surface area contributed by atoms with E-state index in [1.165, 1.54) is 0 Å². The Bertz CT molecular complexity index is 255. The molecule has 5 heteroatoms. The standard InChI is InChI=1S/C11H19F2NO2/c12-11(13)3-1-9(14,2-4-11)10(15)5-7-16-8-6-10/h15H,1-8,14H2. The average Bonchev–Trinajstić information content (AvgIpc) is 2.24. The van der Waals surface area contributed by atoms with Crippen molar-refractivity contribution in [3.05, 3.63) is 0 Å². The summed E-state index contributed by atoms with van der Waals surface area (Å²) in [6.45, 7) is 0.928. The lowest BCUT2D eigenvalue weighted by Crippen LogP contribution is -2.64. The molecule has 94 valence electrons. The Balaban J connectivity index is 2.07. The molecule has 3 N–H and O–H groups in total. The molecule has 0 bridgehead atoms. The second kappa shape index (κ2) is 3.89. The van der Waals surface area contributed by atoms with Crippen LogP contribution >= 0.6 is 0 Å². The Morgan fingerprint density at radius 1 is 0.938 bits per heavy atom. The van der Waals surface area contributed by atoms with Crippen molar-refractivity contribution in [3.63, 3.8) is 0 Å². The van der Waals surface area contributed by atoms with Gasteiger partial charge in [-0.25, -0.2) is 8.78 Å². The smallest absolute Gasteiger partial charge is 0.248 e. The van der Waals surface area contributed by atoms with Crippen molar-refractivity contribution in [2.45, 2.75) is 55.6 Å². The molecule has 1 aliphatic carbocycles. The minimum atomic E-state index is -2.61. The molecule has 1 aliphatic heterocycles. The first-order chi connectivity index (χ1) is 7.37. The molecule has 1 saturated heterocycles. The van der Waals surface area contributed by atoms with E-state index in [0.29, 0.717) is 26.1 Å². The Kier molecular flexibility index (Phi) is 2.97. The molecule has 0 spiro atoms. The monoisotopic (exact) mass is 235 g/mol. The first-order valence-corrected chi connectivity index (χ1v) is 5.84. The van der Waals surface area contributed by atoms with Crippen molar-refractivity contribution >= 4 is 0 Å². The van der Waals surface area contributed by atoms with E-state index in [4.69, 9.17) is 10.5 Å². The lowest BCUT2D eigenvalue weighted by Gasteiger charge is -2.50. The molecule has 2 aliphatic rings. The molecule has 1 heterocycles. The molecular weight excluding hydrogens is 216 g/mol. The first kappa shape index (κ1) is 12.2. The predicted octanol–water partition coefficient (Wildman–Crippen LogP) is 1.43. The molecule has 0 amide bonds. The van der Waals surface area contributed by atoms with Gasteiger partial charge in [-0.1, -0.05) is 0 Å². The summed E-state index contributed by atoms with van der Waals surface area (Å²) < 4.78 is 31.3. The van der Waals surface area contributed by atoms with E-state index in [-0.39, 0.29) is 25.7 Å². The van der Waals surface area contributed by atoms with Crippen LogP contribution in [0.3, 0.4) is 0 Å². The summed E-state index contributed by atoms with van der Waals surface area (Å²) in [4.78, 5) is 0. The highest BCUT2D eigenvalue weighted by molar-refractivity contribution is 5.07. The molecular formula is C11H19F2NO2. The van der Waals surface area contributed by atoms with Crippen molar-refractivity contribution in [3.8, 4) is 0 Å². The van der Waals surface area contributed by atoms with Gasteiger partial charge < -0.3 is 15.6 Å². The summed E-state index contributed by atoms with van der Waals surface area (Å²) in [5.74, 6) is -2.61. The third-order valence-electron chi connectivity index (χ3n) is 4.12. The lowest BCUT2D eigenvalue weighted by molar-refractivity contribution is -0.143. The number of nitrogens with two attached hydrogens (primary N) is 1. The number of hydrogen-bond acceptors (Lipinski definition) is 3. The Hall–Kier alpha value is -0.260. The van der Waals surface area contributed by atoms with Crippen LogP contribution < -0.4 is 5.73 Å². The quantitative estimate of drug-likeness (QED) is 0.723. The molecule has 0 aromatic carbocycles. The number of aliphatic hydroxyl groups is 1. The van der Waals surface area contributed by atoms with Crippen molar-refractivity contribution < 1.29 is 18.6 Å². The molecule has 1 saturated carbocycles. The number of halogens is 2. The van der Waals surface area contributed by atoms with Gasteiger partial charge in [-0.05, 0) is 12.8 Å². The summed E-state index contributed by atoms with van der Waals surface area (Å²) in [7, 11) is 0. The van der Waals surface area contributed by atoms with Crippen LogP contribution in [-0.2, 0) is 4.74 Å². The van der Waals surface area contributed by atoms with E-state index >= 15 is 0 Å². The van der Waals surface area contributed by atoms with Gasteiger partial charge in [-0.15, -0.1) is 0 Å². The zero-order chi connectivity index (χ0) is 11.9. The van der Waals surface area contributed by atoms with E-state index in [2.05, 4.69) is 0 Å². The Morgan fingerprint density at radius 3 is 1.94 bits per heavy atom. The Labute approximate surface area is 94.0 Å². The maximum atomic E-state index is 13.1. The van der Waals surface area contributed by atoms with Crippen LogP contribution in [0.4, 0.5) is 8.78 Å². The van der Waals surface area contributed by atoms with Gasteiger partial charge in [0.25, 0.3) is 0 Å². The van der Waals surface area contributed by atoms with Gasteiger partial charge in [-0.3, -0.25) is 0 Å². The first-order valence-electron chi connectivity index (χ1n) is 5.84. The van der Waals surface area contributed by atoms with Gasteiger partial charge in [0.1, 0.15) is 0 Å². The lowest BCUT2D eigenvalue weighted by atomic mass is 9.66. The van der Waals surface area contributed by atoms with Gasteiger partial charge in [0.2, 0.25) is 5.92 Å². The highest BCUT2D eigenvalue weighted by atomic mass is 19.3. The highest BCUT2D eigenvalue weighted by Crippen LogP contribution is 2.45. The van der Waals surface area contributed by atoms with Gasteiger partial charge in [-0.2, -0.15) is 0 Å². The largest absolute Gasteiger partial charge is 0.388 e. The third-order valence-corrected chi connectivity index (χ3v) is 4.12. The molecule has 2 fully saturated rings. The molecule has 16 heavy (non-hydrogen) atoms. The fourth-order valence-corrected chi connectivity index (χ4v) is 2.73. The molecule has 0 unspecified atom stereocenters. The van der Waals surface area contributed by atoms with Gasteiger partial charge >= 0.3 is 0 Å². The topological polar surface area (TPSA) is 55.5 Å². The predicted molar refractivity (Wildman–Crippen MR) is 55.3 cm³/mol. The number of alkyl halides is 2. The normalized spacial score (nSPS) is 32.2. The zero-order valence-electron chi connectivity index (χ0n) is 9.35. The van der Waals surface area contributed by atoms with E-state index < -0.39 is 17.1 Å². The van der Waals surface area contributed by atoms with Crippen LogP contribution in [0.25, 0.3) is 0 Å². The van der Waals surface area contributed by atoms with Crippen LogP contribution in [0.5, 0.6) is 0 Å². The van der Waals surface area contributed by atoms with E-state index in [0.717, 1.165) is 0 Å². The zero-order valence-corrected chi connectivity index (χ0v) is 9.35. The van der Waals surface area contributed by atoms with Crippen molar-refractivity contribution in [1.82, 2.24) is 0 Å². The highest BCUT2D eigenvalue weighted by Gasteiger charge is 2.52. The molecule has 0 aromatic rings. The van der Waals surface area contributed by atoms with E-state index in [9.17, 15) is 13.9 Å². The third kappa shape index (κ3) is 2.08. The van der Waals surface area contributed by atoms with Crippen LogP contribution in [-0.4, -0.2) is 35.4 Å².